The Morgan fingerprint density at radius 3 is 2.69 bits per heavy atom. The van der Waals surface area contributed by atoms with Crippen LogP contribution in [-0.4, -0.2) is 34.3 Å². The Labute approximate surface area is 150 Å². The van der Waals surface area contributed by atoms with Gasteiger partial charge in [0.25, 0.3) is 11.5 Å². The number of aryl methyl sites for hydroxylation is 1. The van der Waals surface area contributed by atoms with Crippen LogP contribution in [0.4, 0.5) is 0 Å². The molecule has 0 aliphatic rings. The summed E-state index contributed by atoms with van der Waals surface area (Å²) in [4.78, 5) is 24.3. The zero-order valence-corrected chi connectivity index (χ0v) is 14.7. The fraction of sp³-hybridized carbons (Fsp3) is 0.211. The van der Waals surface area contributed by atoms with E-state index >= 15 is 0 Å². The summed E-state index contributed by atoms with van der Waals surface area (Å²) in [5.74, 6) is 0.262. The van der Waals surface area contributed by atoms with Gasteiger partial charge in [0.2, 0.25) is 0 Å². The predicted octanol–water partition coefficient (Wildman–Crippen LogP) is 1.99. The van der Waals surface area contributed by atoms with Crippen molar-refractivity contribution in [3.63, 3.8) is 0 Å². The Kier molecular flexibility index (Phi) is 5.17. The van der Waals surface area contributed by atoms with Gasteiger partial charge in [0.15, 0.2) is 0 Å². The van der Waals surface area contributed by atoms with Crippen molar-refractivity contribution in [2.24, 2.45) is 0 Å². The number of aromatic nitrogens is 3. The Bertz CT molecular complexity index is 960. The first-order valence-corrected chi connectivity index (χ1v) is 8.23. The minimum atomic E-state index is -0.265. The fourth-order valence-corrected chi connectivity index (χ4v) is 2.67. The van der Waals surface area contributed by atoms with E-state index in [1.165, 1.54) is 13.2 Å². The fourth-order valence-electron chi connectivity index (χ4n) is 2.67. The second kappa shape index (κ2) is 7.69. The lowest BCUT2D eigenvalue weighted by Gasteiger charge is -2.11. The van der Waals surface area contributed by atoms with E-state index in [-0.39, 0.29) is 11.5 Å². The van der Waals surface area contributed by atoms with Gasteiger partial charge in [-0.05, 0) is 19.1 Å². The lowest BCUT2D eigenvalue weighted by molar-refractivity contribution is 0.0947. The average Bonchev–Trinajstić information content (AvgIpc) is 3.14. The van der Waals surface area contributed by atoms with E-state index in [4.69, 9.17) is 4.74 Å². The number of carbonyl (C=O) groups is 1. The summed E-state index contributed by atoms with van der Waals surface area (Å²) >= 11 is 0. The van der Waals surface area contributed by atoms with Gasteiger partial charge < -0.3 is 14.6 Å². The average molecular weight is 352 g/mol. The first-order chi connectivity index (χ1) is 12.6. The summed E-state index contributed by atoms with van der Waals surface area (Å²) in [6.45, 7) is 2.53. The van der Waals surface area contributed by atoms with Gasteiger partial charge in [-0.25, -0.2) is 0 Å². The summed E-state index contributed by atoms with van der Waals surface area (Å²) in [6, 6.07) is 14.5. The van der Waals surface area contributed by atoms with Gasteiger partial charge in [0, 0.05) is 30.4 Å². The number of nitrogens with one attached hydrogen (secondary N) is 2. The summed E-state index contributed by atoms with van der Waals surface area (Å²) in [6.07, 6.45) is 0. The molecule has 134 valence electrons. The Morgan fingerprint density at radius 2 is 2.00 bits per heavy atom. The summed E-state index contributed by atoms with van der Waals surface area (Å²) in [5.41, 5.74) is 2.63. The van der Waals surface area contributed by atoms with Crippen molar-refractivity contribution in [2.75, 3.05) is 13.7 Å². The highest BCUT2D eigenvalue weighted by molar-refractivity contribution is 5.93. The molecule has 2 heterocycles. The highest BCUT2D eigenvalue weighted by Crippen LogP contribution is 2.16. The number of nitrogens with zero attached hydrogens (tertiary/aromatic N) is 2. The van der Waals surface area contributed by atoms with E-state index in [0.29, 0.717) is 30.2 Å². The third-order valence-corrected chi connectivity index (χ3v) is 4.06. The number of hydrogen-bond acceptors (Lipinski definition) is 4. The Morgan fingerprint density at radius 1 is 1.23 bits per heavy atom. The minimum Gasteiger partial charge on any atom is -0.496 e. The predicted molar refractivity (Wildman–Crippen MR) is 98.3 cm³/mol. The number of methoxy groups -OCH3 is 1. The van der Waals surface area contributed by atoms with Crippen molar-refractivity contribution in [2.45, 2.75) is 13.5 Å². The van der Waals surface area contributed by atoms with E-state index in [1.807, 2.05) is 37.3 Å². The molecular weight excluding hydrogens is 332 g/mol. The summed E-state index contributed by atoms with van der Waals surface area (Å²) in [5, 5.41) is 9.70. The molecule has 0 saturated carbocycles. The molecule has 0 saturated heterocycles. The number of benzene rings is 1. The van der Waals surface area contributed by atoms with Crippen LogP contribution in [0.1, 0.15) is 16.2 Å². The van der Waals surface area contributed by atoms with Crippen molar-refractivity contribution in [3.8, 4) is 17.0 Å². The standard InChI is InChI=1S/C19H20N4O3/c1-13-10-15(26-2)11-18(24)23(13)9-8-20-19(25)17-12-16(21-22-17)14-6-4-3-5-7-14/h3-7,10-12H,8-9H2,1-2H3,(H,20,25)(H,21,22). The largest absolute Gasteiger partial charge is 0.496 e. The third kappa shape index (κ3) is 3.83. The molecule has 7 nitrogen and oxygen atoms in total. The molecule has 1 amide bonds. The molecule has 0 atom stereocenters. The van der Waals surface area contributed by atoms with E-state index in [9.17, 15) is 9.59 Å². The number of H-pyrrole nitrogens is 1. The van der Waals surface area contributed by atoms with E-state index < -0.39 is 0 Å². The molecule has 3 rings (SSSR count). The van der Waals surface area contributed by atoms with E-state index in [1.54, 1.807) is 16.7 Å². The topological polar surface area (TPSA) is 89.0 Å². The number of pyridine rings is 1. The molecule has 3 aromatic rings. The minimum absolute atomic E-state index is 0.163. The van der Waals surface area contributed by atoms with Gasteiger partial charge in [-0.2, -0.15) is 5.10 Å². The molecule has 0 radical (unpaired) electrons. The van der Waals surface area contributed by atoms with Crippen LogP contribution in [0.15, 0.2) is 53.3 Å². The SMILES string of the molecule is COc1cc(C)n(CCNC(=O)c2cc(-c3ccccc3)n[nH]2)c(=O)c1. The molecule has 1 aromatic carbocycles. The van der Waals surface area contributed by atoms with Gasteiger partial charge in [0.1, 0.15) is 11.4 Å². The van der Waals surface area contributed by atoms with Crippen LogP contribution < -0.4 is 15.6 Å². The molecule has 7 heteroatoms. The van der Waals surface area contributed by atoms with Crippen molar-refractivity contribution in [3.05, 3.63) is 70.3 Å². The first kappa shape index (κ1) is 17.5. The lowest BCUT2D eigenvalue weighted by Crippen LogP contribution is -2.31. The number of aromatic amines is 1. The number of rotatable bonds is 6. The molecule has 0 spiro atoms. The van der Waals surface area contributed by atoms with E-state index in [2.05, 4.69) is 15.5 Å². The van der Waals surface area contributed by atoms with Crippen LogP contribution in [0, 0.1) is 6.92 Å². The van der Waals surface area contributed by atoms with Crippen molar-refractivity contribution in [1.29, 1.82) is 0 Å². The van der Waals surface area contributed by atoms with Gasteiger partial charge in [-0.3, -0.25) is 14.7 Å². The molecule has 26 heavy (non-hydrogen) atoms. The molecule has 0 aliphatic heterocycles. The Balaban J connectivity index is 1.62. The molecule has 2 N–H and O–H groups in total. The number of hydrogen-bond donors (Lipinski definition) is 2. The first-order valence-electron chi connectivity index (χ1n) is 8.23. The third-order valence-electron chi connectivity index (χ3n) is 4.06. The zero-order valence-electron chi connectivity index (χ0n) is 14.7. The smallest absolute Gasteiger partial charge is 0.269 e. The number of ether oxygens (including phenoxy) is 1. The van der Waals surface area contributed by atoms with Crippen LogP contribution in [0.3, 0.4) is 0 Å². The zero-order chi connectivity index (χ0) is 18.5. The molecule has 0 bridgehead atoms. The molecule has 0 fully saturated rings. The maximum Gasteiger partial charge on any atom is 0.269 e. The van der Waals surface area contributed by atoms with Gasteiger partial charge >= 0.3 is 0 Å². The summed E-state index contributed by atoms with van der Waals surface area (Å²) in [7, 11) is 1.52. The van der Waals surface area contributed by atoms with Gasteiger partial charge in [0.05, 0.1) is 12.8 Å². The van der Waals surface area contributed by atoms with Gasteiger partial charge in [-0.15, -0.1) is 0 Å². The monoisotopic (exact) mass is 352 g/mol. The lowest BCUT2D eigenvalue weighted by atomic mass is 10.1. The van der Waals surface area contributed by atoms with Crippen LogP contribution >= 0.6 is 0 Å². The normalized spacial score (nSPS) is 10.5. The van der Waals surface area contributed by atoms with Crippen LogP contribution in [0.2, 0.25) is 0 Å². The highest BCUT2D eigenvalue weighted by Gasteiger charge is 2.11. The Hall–Kier alpha value is -3.35. The van der Waals surface area contributed by atoms with Gasteiger partial charge in [-0.1, -0.05) is 30.3 Å². The molecule has 0 unspecified atom stereocenters. The summed E-state index contributed by atoms with van der Waals surface area (Å²) < 4.78 is 6.66. The molecule has 0 aliphatic carbocycles. The van der Waals surface area contributed by atoms with Crippen molar-refractivity contribution < 1.29 is 9.53 Å². The number of amides is 1. The maximum absolute atomic E-state index is 12.3. The van der Waals surface area contributed by atoms with Crippen molar-refractivity contribution >= 4 is 5.91 Å². The van der Waals surface area contributed by atoms with Crippen LogP contribution in [-0.2, 0) is 6.54 Å². The quantitative estimate of drug-likeness (QED) is 0.710. The highest BCUT2D eigenvalue weighted by atomic mass is 16.5. The second-order valence-corrected chi connectivity index (χ2v) is 5.82. The van der Waals surface area contributed by atoms with E-state index in [0.717, 1.165) is 11.3 Å². The number of carbonyl (C=O) groups excluding carboxylic acids is 1. The molecular formula is C19H20N4O3. The second-order valence-electron chi connectivity index (χ2n) is 5.82. The van der Waals surface area contributed by atoms with Crippen molar-refractivity contribution in [1.82, 2.24) is 20.1 Å². The molecule has 2 aromatic heterocycles. The van der Waals surface area contributed by atoms with Crippen LogP contribution in [0.25, 0.3) is 11.3 Å². The van der Waals surface area contributed by atoms with Crippen LogP contribution in [0.5, 0.6) is 5.75 Å². The maximum atomic E-state index is 12.3.